The van der Waals surface area contributed by atoms with Crippen molar-refractivity contribution in [3.63, 3.8) is 0 Å². The summed E-state index contributed by atoms with van der Waals surface area (Å²) in [6, 6.07) is 3.02. The molecule has 2 amide bonds. The van der Waals surface area contributed by atoms with Crippen molar-refractivity contribution < 1.29 is 14.0 Å². The van der Waals surface area contributed by atoms with Crippen LogP contribution < -0.4 is 10.6 Å². The summed E-state index contributed by atoms with van der Waals surface area (Å²) in [7, 11) is 0. The molecule has 2 N–H and O–H groups in total. The number of nitrogens with zero attached hydrogens (tertiary/aromatic N) is 4. The van der Waals surface area contributed by atoms with Crippen molar-refractivity contribution in [1.82, 2.24) is 25.2 Å². The van der Waals surface area contributed by atoms with Gasteiger partial charge in [-0.15, -0.1) is 11.3 Å². The van der Waals surface area contributed by atoms with Crippen LogP contribution in [-0.4, -0.2) is 51.3 Å². The van der Waals surface area contributed by atoms with Gasteiger partial charge in [-0.25, -0.2) is 14.4 Å². The van der Waals surface area contributed by atoms with Gasteiger partial charge in [0.15, 0.2) is 5.69 Å². The van der Waals surface area contributed by atoms with Gasteiger partial charge in [-0.05, 0) is 38.5 Å². The summed E-state index contributed by atoms with van der Waals surface area (Å²) in [5.74, 6) is -0.123. The van der Waals surface area contributed by atoms with Crippen molar-refractivity contribution in [2.75, 3.05) is 25.0 Å². The zero-order valence-corrected chi connectivity index (χ0v) is 19.0. The number of aryl methyl sites for hydroxylation is 1. The molecular weight excluding hydrogens is 431 g/mol. The first kappa shape index (κ1) is 22.1. The number of carbonyl (C=O) groups excluding carboxylic acids is 2. The fourth-order valence-electron chi connectivity index (χ4n) is 3.75. The van der Waals surface area contributed by atoms with Crippen LogP contribution in [0.5, 0.6) is 0 Å². The molecule has 0 aromatic carbocycles. The lowest BCUT2D eigenvalue weighted by atomic mass is 9.95. The Balaban J connectivity index is 1.54. The Kier molecular flexibility index (Phi) is 6.31. The van der Waals surface area contributed by atoms with E-state index in [1.165, 1.54) is 17.4 Å². The molecule has 0 bridgehead atoms. The molecule has 0 radical (unpaired) electrons. The van der Waals surface area contributed by atoms with Crippen molar-refractivity contribution in [2.24, 2.45) is 5.92 Å². The molecule has 32 heavy (non-hydrogen) atoms. The van der Waals surface area contributed by atoms with Crippen LogP contribution in [0.15, 0.2) is 24.5 Å². The lowest BCUT2D eigenvalue weighted by Crippen LogP contribution is -2.51. The highest BCUT2D eigenvalue weighted by atomic mass is 32.1. The lowest BCUT2D eigenvalue weighted by Gasteiger charge is -2.38. The molecular formula is C22H25FN6O2S. The third kappa shape index (κ3) is 4.69. The molecule has 168 valence electrons. The number of pyridine rings is 1. The number of thiophene rings is 1. The molecule has 4 rings (SSSR count). The van der Waals surface area contributed by atoms with E-state index >= 15 is 0 Å². The molecule has 3 aromatic rings. The first-order valence-corrected chi connectivity index (χ1v) is 11.4. The average molecular weight is 457 g/mol. The highest BCUT2D eigenvalue weighted by Gasteiger charge is 2.34. The maximum Gasteiger partial charge on any atom is 0.274 e. The van der Waals surface area contributed by atoms with Gasteiger partial charge < -0.3 is 15.5 Å². The average Bonchev–Trinajstić information content (AvgIpc) is 3.09. The van der Waals surface area contributed by atoms with Crippen molar-refractivity contribution in [3.8, 4) is 0 Å². The van der Waals surface area contributed by atoms with Crippen molar-refractivity contribution >= 4 is 39.3 Å². The maximum atomic E-state index is 13.5. The summed E-state index contributed by atoms with van der Waals surface area (Å²) in [6.07, 6.45) is 3.14. The number of likely N-dealkylation sites (tertiary alicyclic amines) is 1. The van der Waals surface area contributed by atoms with E-state index in [4.69, 9.17) is 0 Å². The normalized spacial score (nSPS) is 14.8. The minimum Gasteiger partial charge on any atom is -0.356 e. The zero-order chi connectivity index (χ0) is 22.8. The second-order valence-corrected chi connectivity index (χ2v) is 9.26. The molecule has 0 spiro atoms. The van der Waals surface area contributed by atoms with Crippen LogP contribution in [0.1, 0.15) is 47.2 Å². The van der Waals surface area contributed by atoms with Gasteiger partial charge in [0, 0.05) is 43.0 Å². The molecule has 1 saturated heterocycles. The zero-order valence-electron chi connectivity index (χ0n) is 18.2. The van der Waals surface area contributed by atoms with E-state index in [1.54, 1.807) is 11.1 Å². The Morgan fingerprint density at radius 1 is 1.28 bits per heavy atom. The highest BCUT2D eigenvalue weighted by molar-refractivity contribution is 7.19. The first-order chi connectivity index (χ1) is 15.3. The molecule has 8 nitrogen and oxygen atoms in total. The molecule has 10 heteroatoms. The van der Waals surface area contributed by atoms with Crippen molar-refractivity contribution in [1.29, 1.82) is 0 Å². The molecule has 1 aliphatic heterocycles. The third-order valence-corrected chi connectivity index (χ3v) is 6.41. The van der Waals surface area contributed by atoms with Gasteiger partial charge in [-0.1, -0.05) is 0 Å². The van der Waals surface area contributed by atoms with E-state index in [1.807, 2.05) is 26.8 Å². The van der Waals surface area contributed by atoms with Crippen molar-refractivity contribution in [2.45, 2.75) is 33.2 Å². The summed E-state index contributed by atoms with van der Waals surface area (Å²) in [5.41, 5.74) is 1.69. The topological polar surface area (TPSA) is 100 Å². The van der Waals surface area contributed by atoms with Gasteiger partial charge in [0.1, 0.15) is 5.82 Å². The molecule has 4 heterocycles. The number of carbonyl (C=O) groups is 2. The van der Waals surface area contributed by atoms with Crippen LogP contribution >= 0.6 is 11.3 Å². The maximum absolute atomic E-state index is 13.5. The predicted molar refractivity (Wildman–Crippen MR) is 121 cm³/mol. The van der Waals surface area contributed by atoms with E-state index in [2.05, 4.69) is 25.6 Å². The standard InChI is InChI=1S/C22H25FN6O2S/c1-4-25-18(30)6-14-10-29(11-14)21(31)19-20-17(5-12(2)32-20)27-22(28-19)26-13(3)15-7-16(23)9-24-8-15/h5,7-9,13-14H,4,6,10-11H2,1-3H3,(H,25,30)(H,26,27,28)/t13-/m0/s1. The van der Waals surface area contributed by atoms with E-state index in [9.17, 15) is 14.0 Å². The molecule has 0 saturated carbocycles. The fourth-order valence-corrected chi connectivity index (χ4v) is 4.68. The van der Waals surface area contributed by atoms with Gasteiger partial charge in [0.25, 0.3) is 5.91 Å². The largest absolute Gasteiger partial charge is 0.356 e. The van der Waals surface area contributed by atoms with Gasteiger partial charge in [-0.3, -0.25) is 14.6 Å². The summed E-state index contributed by atoms with van der Waals surface area (Å²) in [4.78, 5) is 40.7. The quantitative estimate of drug-likeness (QED) is 0.566. The minimum absolute atomic E-state index is 0.00946. The van der Waals surface area contributed by atoms with E-state index < -0.39 is 5.82 Å². The Bertz CT molecular complexity index is 1160. The van der Waals surface area contributed by atoms with Gasteiger partial charge in [-0.2, -0.15) is 0 Å². The number of amides is 2. The minimum atomic E-state index is -0.420. The number of hydrogen-bond acceptors (Lipinski definition) is 7. The summed E-state index contributed by atoms with van der Waals surface area (Å²) >= 11 is 1.48. The number of aromatic nitrogens is 3. The Hall–Kier alpha value is -3.14. The molecule has 1 fully saturated rings. The molecule has 0 unspecified atom stereocenters. The number of halogens is 1. The fraction of sp³-hybridized carbons (Fsp3) is 0.409. The van der Waals surface area contributed by atoms with Crippen LogP contribution in [0.4, 0.5) is 10.3 Å². The van der Waals surface area contributed by atoms with Crippen LogP contribution in [0.3, 0.4) is 0 Å². The van der Waals surface area contributed by atoms with E-state index in [0.717, 1.165) is 15.8 Å². The molecule has 0 aliphatic carbocycles. The number of rotatable bonds is 7. The summed E-state index contributed by atoms with van der Waals surface area (Å²) in [5, 5.41) is 5.95. The number of nitrogens with one attached hydrogen (secondary N) is 2. The number of anilines is 1. The Morgan fingerprint density at radius 2 is 2.06 bits per heavy atom. The monoisotopic (exact) mass is 456 g/mol. The Morgan fingerprint density at radius 3 is 2.78 bits per heavy atom. The smallest absolute Gasteiger partial charge is 0.274 e. The van der Waals surface area contributed by atoms with E-state index in [0.29, 0.717) is 48.8 Å². The van der Waals surface area contributed by atoms with Crippen LogP contribution in [-0.2, 0) is 4.79 Å². The van der Waals surface area contributed by atoms with Gasteiger partial charge in [0.2, 0.25) is 11.9 Å². The third-order valence-electron chi connectivity index (χ3n) is 5.36. The van der Waals surface area contributed by atoms with Crippen LogP contribution in [0.25, 0.3) is 10.2 Å². The second kappa shape index (κ2) is 9.15. The van der Waals surface area contributed by atoms with Crippen molar-refractivity contribution in [3.05, 3.63) is 46.5 Å². The second-order valence-electron chi connectivity index (χ2n) is 8.00. The van der Waals surface area contributed by atoms with Crippen LogP contribution in [0, 0.1) is 18.7 Å². The number of fused-ring (bicyclic) bond motifs is 1. The molecule has 1 atom stereocenters. The lowest BCUT2D eigenvalue weighted by molar-refractivity contribution is -0.123. The highest BCUT2D eigenvalue weighted by Crippen LogP contribution is 2.31. The first-order valence-electron chi connectivity index (χ1n) is 10.5. The SMILES string of the molecule is CCNC(=O)CC1CN(C(=O)c2nc(N[C@@H](C)c3cncc(F)c3)nc3cc(C)sc23)C1. The molecule has 1 aliphatic rings. The predicted octanol–water partition coefficient (Wildman–Crippen LogP) is 3.31. The van der Waals surface area contributed by atoms with Gasteiger partial charge >= 0.3 is 0 Å². The Labute approximate surface area is 189 Å². The summed E-state index contributed by atoms with van der Waals surface area (Å²) in [6.45, 7) is 7.35. The number of hydrogen-bond donors (Lipinski definition) is 2. The van der Waals surface area contributed by atoms with Gasteiger partial charge in [0.05, 0.1) is 22.5 Å². The van der Waals surface area contributed by atoms with Crippen LogP contribution in [0.2, 0.25) is 0 Å². The summed E-state index contributed by atoms with van der Waals surface area (Å²) < 4.78 is 14.3. The van der Waals surface area contributed by atoms with E-state index in [-0.39, 0.29) is 23.8 Å². The molecule has 3 aromatic heterocycles.